The summed E-state index contributed by atoms with van der Waals surface area (Å²) in [6.45, 7) is 6.73. The first-order valence-corrected chi connectivity index (χ1v) is 8.65. The topological polar surface area (TPSA) is 72.6 Å². The Kier molecular flexibility index (Phi) is 6.27. The highest BCUT2D eigenvalue weighted by Gasteiger charge is 2.32. The number of methoxy groups -OCH3 is 1. The summed E-state index contributed by atoms with van der Waals surface area (Å²) in [7, 11) is -1.88. The van der Waals surface area contributed by atoms with Crippen molar-refractivity contribution in [3.63, 3.8) is 0 Å². The van der Waals surface area contributed by atoms with Gasteiger partial charge in [0.25, 0.3) is 0 Å². The molecule has 0 spiro atoms. The van der Waals surface area contributed by atoms with E-state index in [1.807, 2.05) is 13.8 Å². The van der Waals surface area contributed by atoms with Crippen molar-refractivity contribution in [1.82, 2.24) is 4.31 Å². The maximum Gasteiger partial charge on any atom is 0.243 e. The Balaban J connectivity index is 0.00000242. The van der Waals surface area contributed by atoms with Gasteiger partial charge in [-0.2, -0.15) is 4.31 Å². The van der Waals surface area contributed by atoms with E-state index in [-0.39, 0.29) is 24.4 Å². The van der Waals surface area contributed by atoms with Gasteiger partial charge in [-0.3, -0.25) is 0 Å². The number of nitrogens with zero attached hydrogens (tertiary/aromatic N) is 1. The molecule has 7 heteroatoms. The monoisotopic (exact) mass is 348 g/mol. The van der Waals surface area contributed by atoms with Gasteiger partial charge in [0.2, 0.25) is 10.0 Å². The lowest BCUT2D eigenvalue weighted by atomic mass is 10.0. The molecule has 0 unspecified atom stereocenters. The van der Waals surface area contributed by atoms with Gasteiger partial charge in [-0.05, 0) is 42.5 Å². The molecular weight excluding hydrogens is 324 g/mol. The number of aryl methyl sites for hydroxylation is 1. The largest absolute Gasteiger partial charge is 0.496 e. The molecule has 5 nitrogen and oxygen atoms in total. The Labute approximate surface area is 139 Å². The van der Waals surface area contributed by atoms with Crippen LogP contribution in [0.1, 0.15) is 37.3 Å². The van der Waals surface area contributed by atoms with Crippen LogP contribution in [0.25, 0.3) is 0 Å². The van der Waals surface area contributed by atoms with Crippen LogP contribution in [0.15, 0.2) is 17.0 Å². The quantitative estimate of drug-likeness (QED) is 0.905. The number of halogens is 1. The Morgan fingerprint density at radius 1 is 1.36 bits per heavy atom. The highest BCUT2D eigenvalue weighted by atomic mass is 35.5. The summed E-state index contributed by atoms with van der Waals surface area (Å²) in [6, 6.07) is 3.49. The summed E-state index contributed by atoms with van der Waals surface area (Å²) in [6.07, 6.45) is 0.714. The molecule has 0 saturated carbocycles. The van der Waals surface area contributed by atoms with E-state index in [0.29, 0.717) is 30.0 Å². The predicted molar refractivity (Wildman–Crippen MR) is 90.4 cm³/mol. The third kappa shape index (κ3) is 3.56. The molecule has 0 bridgehead atoms. The first-order chi connectivity index (χ1) is 9.77. The fraction of sp³-hybridized carbons (Fsp3) is 0.600. The molecule has 0 amide bonds. The van der Waals surface area contributed by atoms with Crippen LogP contribution in [0.5, 0.6) is 5.75 Å². The molecule has 0 radical (unpaired) electrons. The third-order valence-corrected chi connectivity index (χ3v) is 5.96. The van der Waals surface area contributed by atoms with E-state index >= 15 is 0 Å². The van der Waals surface area contributed by atoms with Crippen molar-refractivity contribution in [2.75, 3.05) is 20.2 Å². The number of sulfonamides is 1. The van der Waals surface area contributed by atoms with E-state index in [1.165, 1.54) is 4.31 Å². The Hall–Kier alpha value is -0.820. The molecule has 1 atom stereocenters. The average Bonchev–Trinajstić information content (AvgIpc) is 2.85. The summed E-state index contributed by atoms with van der Waals surface area (Å²) < 4.78 is 32.5. The zero-order chi connectivity index (χ0) is 15.8. The maximum absolute atomic E-state index is 12.8. The molecule has 1 fully saturated rings. The van der Waals surface area contributed by atoms with Gasteiger partial charge >= 0.3 is 0 Å². The molecule has 0 aliphatic carbocycles. The molecular formula is C15H25ClN2O3S. The highest BCUT2D eigenvalue weighted by molar-refractivity contribution is 7.89. The van der Waals surface area contributed by atoms with Crippen LogP contribution < -0.4 is 10.5 Å². The number of hydrogen-bond acceptors (Lipinski definition) is 4. The first kappa shape index (κ1) is 19.2. The van der Waals surface area contributed by atoms with Crippen LogP contribution in [0.4, 0.5) is 0 Å². The van der Waals surface area contributed by atoms with E-state index in [1.54, 1.807) is 26.2 Å². The Bertz CT molecular complexity index is 632. The molecule has 0 aromatic heterocycles. The van der Waals surface area contributed by atoms with Gasteiger partial charge in [0.05, 0.1) is 12.0 Å². The van der Waals surface area contributed by atoms with Gasteiger partial charge < -0.3 is 10.5 Å². The number of hydrogen-bond donors (Lipinski definition) is 1. The molecule has 22 heavy (non-hydrogen) atoms. The van der Waals surface area contributed by atoms with E-state index in [9.17, 15) is 8.42 Å². The number of nitrogens with two attached hydrogens (primary N) is 1. The van der Waals surface area contributed by atoms with Crippen LogP contribution in [0, 0.1) is 6.92 Å². The second-order valence-corrected chi connectivity index (χ2v) is 7.83. The predicted octanol–water partition coefficient (Wildman–Crippen LogP) is 2.27. The Morgan fingerprint density at radius 2 is 2.00 bits per heavy atom. The summed E-state index contributed by atoms with van der Waals surface area (Å²) in [4.78, 5) is 0.362. The second-order valence-electron chi connectivity index (χ2n) is 5.93. The molecule has 2 N–H and O–H groups in total. The van der Waals surface area contributed by atoms with Crippen molar-refractivity contribution in [1.29, 1.82) is 0 Å². The summed E-state index contributed by atoms with van der Waals surface area (Å²) in [5.74, 6) is 0.926. The lowest BCUT2D eigenvalue weighted by molar-refractivity contribution is 0.406. The second kappa shape index (κ2) is 7.17. The standard InChI is InChI=1S/C15H24N2O3S.ClH/c1-10(2)13-8-15(11(3)7-14(13)20-4)21(18,19)17-6-5-12(16)9-17;/h7-8,10,12H,5-6,9,16H2,1-4H3;1H/t12-;/m1./s1. The highest BCUT2D eigenvalue weighted by Crippen LogP contribution is 2.33. The van der Waals surface area contributed by atoms with E-state index in [2.05, 4.69) is 0 Å². The molecule has 1 aromatic carbocycles. The van der Waals surface area contributed by atoms with Gasteiger partial charge in [0, 0.05) is 19.1 Å². The van der Waals surface area contributed by atoms with E-state index < -0.39 is 10.0 Å². The van der Waals surface area contributed by atoms with Crippen LogP contribution in [0.3, 0.4) is 0 Å². The normalized spacial score (nSPS) is 19.3. The van der Waals surface area contributed by atoms with Crippen molar-refractivity contribution < 1.29 is 13.2 Å². The average molecular weight is 349 g/mol. The smallest absolute Gasteiger partial charge is 0.243 e. The number of benzene rings is 1. The van der Waals surface area contributed by atoms with Crippen LogP contribution in [-0.4, -0.2) is 39.0 Å². The van der Waals surface area contributed by atoms with Crippen LogP contribution in [0.2, 0.25) is 0 Å². The van der Waals surface area contributed by atoms with Crippen molar-refractivity contribution in [2.45, 2.75) is 44.0 Å². The minimum Gasteiger partial charge on any atom is -0.496 e. The first-order valence-electron chi connectivity index (χ1n) is 7.21. The SMILES string of the molecule is COc1cc(C)c(S(=O)(=O)N2CC[C@@H](N)C2)cc1C(C)C.Cl. The molecule has 1 aliphatic rings. The lowest BCUT2D eigenvalue weighted by Crippen LogP contribution is -2.32. The van der Waals surface area contributed by atoms with Gasteiger partial charge in [-0.15, -0.1) is 12.4 Å². The van der Waals surface area contributed by atoms with Crippen LogP contribution in [-0.2, 0) is 10.0 Å². The van der Waals surface area contributed by atoms with Gasteiger partial charge in [0.15, 0.2) is 0 Å². The van der Waals surface area contributed by atoms with Crippen molar-refractivity contribution in [2.24, 2.45) is 5.73 Å². The van der Waals surface area contributed by atoms with Crippen molar-refractivity contribution in [3.05, 3.63) is 23.3 Å². The van der Waals surface area contributed by atoms with E-state index in [4.69, 9.17) is 10.5 Å². The van der Waals surface area contributed by atoms with Crippen molar-refractivity contribution in [3.8, 4) is 5.75 Å². The fourth-order valence-electron chi connectivity index (χ4n) is 2.69. The lowest BCUT2D eigenvalue weighted by Gasteiger charge is -2.20. The molecule has 2 rings (SSSR count). The van der Waals surface area contributed by atoms with Crippen molar-refractivity contribution >= 4 is 22.4 Å². The summed E-state index contributed by atoms with van der Waals surface area (Å²) >= 11 is 0. The van der Waals surface area contributed by atoms with Crippen LogP contribution >= 0.6 is 12.4 Å². The van der Waals surface area contributed by atoms with Gasteiger partial charge in [-0.1, -0.05) is 13.8 Å². The zero-order valence-corrected chi connectivity index (χ0v) is 15.1. The number of rotatable bonds is 4. The van der Waals surface area contributed by atoms with E-state index in [0.717, 1.165) is 11.3 Å². The molecule has 1 aromatic rings. The fourth-order valence-corrected chi connectivity index (χ4v) is 4.45. The minimum atomic E-state index is -3.49. The maximum atomic E-state index is 12.8. The minimum absolute atomic E-state index is 0. The van der Waals surface area contributed by atoms with Gasteiger partial charge in [0.1, 0.15) is 5.75 Å². The third-order valence-electron chi connectivity index (χ3n) is 3.95. The Morgan fingerprint density at radius 3 is 2.45 bits per heavy atom. The molecule has 126 valence electrons. The molecule has 1 heterocycles. The summed E-state index contributed by atoms with van der Waals surface area (Å²) in [5.41, 5.74) is 7.45. The van der Waals surface area contributed by atoms with Gasteiger partial charge in [-0.25, -0.2) is 8.42 Å². The molecule has 1 aliphatic heterocycles. The number of ether oxygens (including phenoxy) is 1. The molecule has 1 saturated heterocycles. The summed E-state index contributed by atoms with van der Waals surface area (Å²) in [5, 5.41) is 0. The zero-order valence-electron chi connectivity index (χ0n) is 13.5.